The largest absolute Gasteiger partial charge is 0.345 e. The summed E-state index contributed by atoms with van der Waals surface area (Å²) in [5, 5.41) is 3.79. The van der Waals surface area contributed by atoms with E-state index in [-0.39, 0.29) is 0 Å². The Morgan fingerprint density at radius 3 is 2.39 bits per heavy atom. The van der Waals surface area contributed by atoms with Gasteiger partial charge in [-0.15, -0.1) is 0 Å². The van der Waals surface area contributed by atoms with E-state index in [1.807, 2.05) is 13.1 Å². The molecule has 1 N–H and O–H groups in total. The van der Waals surface area contributed by atoms with Crippen LogP contribution >= 0.6 is 0 Å². The summed E-state index contributed by atoms with van der Waals surface area (Å²) >= 11 is 0. The van der Waals surface area contributed by atoms with Crippen molar-refractivity contribution in [3.63, 3.8) is 0 Å². The van der Waals surface area contributed by atoms with Gasteiger partial charge in [-0.2, -0.15) is 0 Å². The fraction of sp³-hybridized carbons (Fsp3) is 0.542. The number of nitrogens with one attached hydrogen (secondary N) is 1. The Labute approximate surface area is 170 Å². The van der Waals surface area contributed by atoms with Crippen molar-refractivity contribution in [2.75, 3.05) is 25.0 Å². The molecule has 0 bridgehead atoms. The van der Waals surface area contributed by atoms with Crippen LogP contribution in [0.25, 0.3) is 0 Å². The highest BCUT2D eigenvalue weighted by molar-refractivity contribution is 5.62. The van der Waals surface area contributed by atoms with Crippen LogP contribution in [0.4, 0.5) is 11.4 Å². The number of anilines is 2. The van der Waals surface area contributed by atoms with Crippen LogP contribution in [0.3, 0.4) is 0 Å². The number of pyridine rings is 1. The molecule has 2 heterocycles. The molecule has 0 amide bonds. The molecule has 1 aromatic carbocycles. The summed E-state index contributed by atoms with van der Waals surface area (Å²) in [6.07, 6.45) is 10.2. The molecule has 1 aromatic heterocycles. The van der Waals surface area contributed by atoms with Gasteiger partial charge in [0.2, 0.25) is 0 Å². The Hall–Kier alpha value is -1.91. The zero-order valence-electron chi connectivity index (χ0n) is 17.4. The summed E-state index contributed by atoms with van der Waals surface area (Å²) in [4.78, 5) is 9.25. The third-order valence-electron chi connectivity index (χ3n) is 6.56. The molecule has 0 radical (unpaired) electrons. The van der Waals surface area contributed by atoms with E-state index in [1.165, 1.54) is 68.6 Å². The number of aryl methyl sites for hydroxylation is 1. The first-order chi connectivity index (χ1) is 13.7. The zero-order chi connectivity index (χ0) is 19.3. The van der Waals surface area contributed by atoms with Gasteiger partial charge >= 0.3 is 0 Å². The van der Waals surface area contributed by atoms with Gasteiger partial charge in [0.1, 0.15) is 0 Å². The van der Waals surface area contributed by atoms with Crippen molar-refractivity contribution >= 4 is 11.4 Å². The molecule has 1 saturated heterocycles. The lowest BCUT2D eigenvalue weighted by atomic mass is 10.0. The van der Waals surface area contributed by atoms with Crippen molar-refractivity contribution in [1.82, 2.24) is 15.2 Å². The molecule has 28 heavy (non-hydrogen) atoms. The number of hydrogen-bond donors (Lipinski definition) is 1. The SMILES string of the molecule is Cc1cc(N(C)c2ccc(CNC3CCN(C4CCCC4)CC3)cc2)ccn1. The Morgan fingerprint density at radius 2 is 1.71 bits per heavy atom. The summed E-state index contributed by atoms with van der Waals surface area (Å²) in [7, 11) is 2.11. The molecule has 1 saturated carbocycles. The quantitative estimate of drug-likeness (QED) is 0.792. The van der Waals surface area contributed by atoms with Crippen LogP contribution in [0.1, 0.15) is 49.8 Å². The highest BCUT2D eigenvalue weighted by Gasteiger charge is 2.26. The molecule has 4 nitrogen and oxygen atoms in total. The van der Waals surface area contributed by atoms with E-state index >= 15 is 0 Å². The lowest BCUT2D eigenvalue weighted by Gasteiger charge is -2.36. The Balaban J connectivity index is 1.26. The highest BCUT2D eigenvalue weighted by atomic mass is 15.2. The van der Waals surface area contributed by atoms with Gasteiger partial charge in [-0.3, -0.25) is 4.98 Å². The average Bonchev–Trinajstić information content (AvgIpc) is 3.27. The molecule has 150 valence electrons. The predicted molar refractivity (Wildman–Crippen MR) is 117 cm³/mol. The van der Waals surface area contributed by atoms with Crippen molar-refractivity contribution in [3.8, 4) is 0 Å². The first kappa shape index (κ1) is 19.4. The molecule has 0 spiro atoms. The lowest BCUT2D eigenvalue weighted by molar-refractivity contribution is 0.144. The fourth-order valence-electron chi connectivity index (χ4n) is 4.73. The van der Waals surface area contributed by atoms with Gasteiger partial charge in [0.05, 0.1) is 0 Å². The molecule has 2 aliphatic rings. The highest BCUT2D eigenvalue weighted by Crippen LogP contribution is 2.26. The normalized spacial score (nSPS) is 19.2. The van der Waals surface area contributed by atoms with Crippen LogP contribution in [0.15, 0.2) is 42.6 Å². The van der Waals surface area contributed by atoms with Gasteiger partial charge in [0.15, 0.2) is 0 Å². The molecular weight excluding hydrogens is 344 g/mol. The minimum Gasteiger partial charge on any atom is -0.345 e. The first-order valence-electron chi connectivity index (χ1n) is 10.9. The average molecular weight is 379 g/mol. The minimum absolute atomic E-state index is 0.666. The Kier molecular flexibility index (Phi) is 6.28. The molecule has 4 heteroatoms. The fourth-order valence-corrected chi connectivity index (χ4v) is 4.73. The summed E-state index contributed by atoms with van der Waals surface area (Å²) in [5.41, 5.74) is 4.79. The maximum atomic E-state index is 4.29. The number of hydrogen-bond acceptors (Lipinski definition) is 4. The third kappa shape index (κ3) is 4.73. The summed E-state index contributed by atoms with van der Waals surface area (Å²) in [5.74, 6) is 0. The van der Waals surface area contributed by atoms with Crippen molar-refractivity contribution in [2.24, 2.45) is 0 Å². The van der Waals surface area contributed by atoms with Crippen molar-refractivity contribution in [2.45, 2.75) is 64.1 Å². The molecular formula is C24H34N4. The number of benzene rings is 1. The van der Waals surface area contributed by atoms with E-state index in [1.54, 1.807) is 0 Å². The lowest BCUT2D eigenvalue weighted by Crippen LogP contribution is -2.45. The van der Waals surface area contributed by atoms with Gasteiger partial charge in [-0.25, -0.2) is 0 Å². The van der Waals surface area contributed by atoms with E-state index in [9.17, 15) is 0 Å². The van der Waals surface area contributed by atoms with Crippen LogP contribution in [0.2, 0.25) is 0 Å². The van der Waals surface area contributed by atoms with Crippen LogP contribution in [0, 0.1) is 6.92 Å². The van der Waals surface area contributed by atoms with Crippen LogP contribution in [-0.4, -0.2) is 42.1 Å². The monoisotopic (exact) mass is 378 g/mol. The molecule has 0 unspecified atom stereocenters. The second-order valence-corrected chi connectivity index (χ2v) is 8.51. The van der Waals surface area contributed by atoms with Gasteiger partial charge < -0.3 is 15.1 Å². The van der Waals surface area contributed by atoms with E-state index in [4.69, 9.17) is 0 Å². The molecule has 1 aliphatic heterocycles. The number of nitrogens with zero attached hydrogens (tertiary/aromatic N) is 3. The minimum atomic E-state index is 0.666. The van der Waals surface area contributed by atoms with Crippen LogP contribution in [-0.2, 0) is 6.54 Å². The second kappa shape index (κ2) is 9.06. The van der Waals surface area contributed by atoms with E-state index in [0.29, 0.717) is 6.04 Å². The van der Waals surface area contributed by atoms with Crippen LogP contribution in [0.5, 0.6) is 0 Å². The number of likely N-dealkylation sites (tertiary alicyclic amines) is 1. The molecule has 0 atom stereocenters. The van der Waals surface area contributed by atoms with E-state index < -0.39 is 0 Å². The van der Waals surface area contributed by atoms with Gasteiger partial charge in [-0.1, -0.05) is 25.0 Å². The maximum Gasteiger partial charge on any atom is 0.0441 e. The third-order valence-corrected chi connectivity index (χ3v) is 6.56. The van der Waals surface area contributed by atoms with Gasteiger partial charge in [0, 0.05) is 48.9 Å². The predicted octanol–water partition coefficient (Wildman–Crippen LogP) is 4.65. The zero-order valence-corrected chi connectivity index (χ0v) is 17.4. The molecule has 2 fully saturated rings. The Morgan fingerprint density at radius 1 is 1.00 bits per heavy atom. The topological polar surface area (TPSA) is 31.4 Å². The number of aromatic nitrogens is 1. The second-order valence-electron chi connectivity index (χ2n) is 8.51. The smallest absolute Gasteiger partial charge is 0.0441 e. The van der Waals surface area contributed by atoms with Gasteiger partial charge in [0.25, 0.3) is 0 Å². The maximum absolute atomic E-state index is 4.29. The van der Waals surface area contributed by atoms with E-state index in [0.717, 1.165) is 18.3 Å². The first-order valence-corrected chi connectivity index (χ1v) is 10.9. The summed E-state index contributed by atoms with van der Waals surface area (Å²) in [6.45, 7) is 5.55. The number of piperidine rings is 1. The summed E-state index contributed by atoms with van der Waals surface area (Å²) < 4.78 is 0. The Bertz CT molecular complexity index is 743. The van der Waals surface area contributed by atoms with E-state index in [2.05, 4.69) is 63.5 Å². The molecule has 2 aromatic rings. The standard InChI is InChI=1S/C24H34N4/c1-19-17-24(11-14-25-19)27(2)22-9-7-20(8-10-22)18-26-21-12-15-28(16-13-21)23-5-3-4-6-23/h7-11,14,17,21,23,26H,3-6,12-13,15-16,18H2,1-2H3. The van der Waals surface area contributed by atoms with Crippen molar-refractivity contribution < 1.29 is 0 Å². The summed E-state index contributed by atoms with van der Waals surface area (Å²) in [6, 6.07) is 14.7. The van der Waals surface area contributed by atoms with Crippen molar-refractivity contribution in [3.05, 3.63) is 53.9 Å². The van der Waals surface area contributed by atoms with Crippen LogP contribution < -0.4 is 10.2 Å². The van der Waals surface area contributed by atoms with Crippen molar-refractivity contribution in [1.29, 1.82) is 0 Å². The number of rotatable bonds is 6. The molecule has 4 rings (SSSR count). The molecule has 1 aliphatic carbocycles. The van der Waals surface area contributed by atoms with Gasteiger partial charge in [-0.05, 0) is 75.5 Å².